The number of benzene rings is 1. The molecule has 19 heavy (non-hydrogen) atoms. The summed E-state index contributed by atoms with van der Waals surface area (Å²) in [7, 11) is 0. The van der Waals surface area contributed by atoms with Gasteiger partial charge in [-0.3, -0.25) is 4.79 Å². The van der Waals surface area contributed by atoms with Crippen molar-refractivity contribution in [2.45, 2.75) is 35.8 Å². The summed E-state index contributed by atoms with van der Waals surface area (Å²) in [6, 6.07) is 8.23. The van der Waals surface area contributed by atoms with Crippen LogP contribution in [0.3, 0.4) is 0 Å². The van der Waals surface area contributed by atoms with Crippen LogP contribution >= 0.6 is 11.8 Å². The highest BCUT2D eigenvalue weighted by Gasteiger charge is 2.42. The van der Waals surface area contributed by atoms with Crippen molar-refractivity contribution in [2.24, 2.45) is 5.41 Å². The SMILES string of the molecule is O=C(NCC1(CCO)CC1)C1Cc2ccccc2S1. The van der Waals surface area contributed by atoms with Crippen LogP contribution in [0.5, 0.6) is 0 Å². The van der Waals surface area contributed by atoms with Gasteiger partial charge in [0.25, 0.3) is 0 Å². The molecule has 0 aromatic heterocycles. The highest BCUT2D eigenvalue weighted by molar-refractivity contribution is 8.01. The van der Waals surface area contributed by atoms with E-state index < -0.39 is 0 Å². The van der Waals surface area contributed by atoms with Crippen LogP contribution in [0.1, 0.15) is 24.8 Å². The van der Waals surface area contributed by atoms with Crippen molar-refractivity contribution < 1.29 is 9.90 Å². The predicted octanol–water partition coefficient (Wildman–Crippen LogP) is 1.98. The number of carbonyl (C=O) groups excluding carboxylic acids is 1. The molecule has 3 rings (SSSR count). The fraction of sp³-hybridized carbons (Fsp3) is 0.533. The Morgan fingerprint density at radius 2 is 2.21 bits per heavy atom. The monoisotopic (exact) mass is 277 g/mol. The second-order valence-corrected chi connectivity index (χ2v) is 6.85. The van der Waals surface area contributed by atoms with Crippen molar-refractivity contribution in [3.63, 3.8) is 0 Å². The van der Waals surface area contributed by atoms with Gasteiger partial charge >= 0.3 is 0 Å². The van der Waals surface area contributed by atoms with E-state index >= 15 is 0 Å². The van der Waals surface area contributed by atoms with Gasteiger partial charge in [-0.2, -0.15) is 0 Å². The molecule has 1 aromatic rings. The Labute approximate surface area is 117 Å². The molecule has 102 valence electrons. The molecule has 4 heteroatoms. The van der Waals surface area contributed by atoms with Crippen LogP contribution in [-0.2, 0) is 11.2 Å². The molecule has 1 aliphatic carbocycles. The molecule has 1 saturated carbocycles. The first-order valence-corrected chi connectivity index (χ1v) is 7.74. The number of amides is 1. The van der Waals surface area contributed by atoms with Crippen LogP contribution < -0.4 is 5.32 Å². The third-order valence-electron chi connectivity index (χ3n) is 4.18. The van der Waals surface area contributed by atoms with E-state index in [1.54, 1.807) is 11.8 Å². The average molecular weight is 277 g/mol. The van der Waals surface area contributed by atoms with E-state index in [2.05, 4.69) is 17.4 Å². The Morgan fingerprint density at radius 1 is 1.42 bits per heavy atom. The van der Waals surface area contributed by atoms with Crippen molar-refractivity contribution in [1.82, 2.24) is 5.32 Å². The molecule has 1 aliphatic heterocycles. The molecule has 0 spiro atoms. The molecular weight excluding hydrogens is 258 g/mol. The lowest BCUT2D eigenvalue weighted by molar-refractivity contribution is -0.120. The number of fused-ring (bicyclic) bond motifs is 1. The summed E-state index contributed by atoms with van der Waals surface area (Å²) in [6.07, 6.45) is 3.91. The molecule has 1 amide bonds. The van der Waals surface area contributed by atoms with Gasteiger partial charge in [0, 0.05) is 18.0 Å². The Kier molecular flexibility index (Phi) is 3.54. The molecule has 2 N–H and O–H groups in total. The summed E-state index contributed by atoms with van der Waals surface area (Å²) in [4.78, 5) is 13.4. The van der Waals surface area contributed by atoms with Crippen molar-refractivity contribution in [3.05, 3.63) is 29.8 Å². The summed E-state index contributed by atoms with van der Waals surface area (Å²) >= 11 is 1.67. The molecular formula is C15H19NO2S. The van der Waals surface area contributed by atoms with Crippen molar-refractivity contribution in [3.8, 4) is 0 Å². The molecule has 0 bridgehead atoms. The van der Waals surface area contributed by atoms with E-state index in [4.69, 9.17) is 5.11 Å². The van der Waals surface area contributed by atoms with E-state index in [0.29, 0.717) is 0 Å². The Hall–Kier alpha value is -1.00. The summed E-state index contributed by atoms with van der Waals surface area (Å²) < 4.78 is 0. The molecule has 1 unspecified atom stereocenters. The van der Waals surface area contributed by atoms with Crippen LogP contribution in [0.25, 0.3) is 0 Å². The molecule has 0 saturated heterocycles. The van der Waals surface area contributed by atoms with Gasteiger partial charge in [0.05, 0.1) is 5.25 Å². The lowest BCUT2D eigenvalue weighted by Crippen LogP contribution is -2.36. The third kappa shape index (κ3) is 2.79. The lowest BCUT2D eigenvalue weighted by Gasteiger charge is -2.16. The summed E-state index contributed by atoms with van der Waals surface area (Å²) in [5.74, 6) is 0.144. The molecule has 2 aliphatic rings. The largest absolute Gasteiger partial charge is 0.396 e. The number of hydrogen-bond donors (Lipinski definition) is 2. The minimum atomic E-state index is 0.0160. The van der Waals surface area contributed by atoms with Gasteiger partial charge in [0.1, 0.15) is 0 Å². The third-order valence-corrected chi connectivity index (χ3v) is 5.49. The van der Waals surface area contributed by atoms with Gasteiger partial charge in [0.2, 0.25) is 5.91 Å². The molecule has 1 heterocycles. The van der Waals surface area contributed by atoms with Gasteiger partial charge in [-0.15, -0.1) is 11.8 Å². The van der Waals surface area contributed by atoms with Crippen molar-refractivity contribution in [2.75, 3.05) is 13.2 Å². The van der Waals surface area contributed by atoms with Crippen molar-refractivity contribution in [1.29, 1.82) is 0 Å². The van der Waals surface area contributed by atoms with E-state index in [-0.39, 0.29) is 23.2 Å². The first-order chi connectivity index (χ1) is 9.22. The molecule has 3 nitrogen and oxygen atoms in total. The maximum atomic E-state index is 12.2. The molecule has 0 radical (unpaired) electrons. The second-order valence-electron chi connectivity index (χ2n) is 5.61. The van der Waals surface area contributed by atoms with E-state index in [1.807, 2.05) is 12.1 Å². The number of aliphatic hydroxyl groups excluding tert-OH is 1. The Morgan fingerprint density at radius 3 is 2.89 bits per heavy atom. The smallest absolute Gasteiger partial charge is 0.233 e. The maximum Gasteiger partial charge on any atom is 0.233 e. The van der Waals surface area contributed by atoms with Crippen LogP contribution in [0.4, 0.5) is 0 Å². The first-order valence-electron chi connectivity index (χ1n) is 6.86. The zero-order valence-electron chi connectivity index (χ0n) is 10.9. The highest BCUT2D eigenvalue weighted by Crippen LogP contribution is 2.48. The fourth-order valence-electron chi connectivity index (χ4n) is 2.65. The number of aliphatic hydroxyl groups is 1. The Bertz CT molecular complexity index is 460. The fourth-order valence-corrected chi connectivity index (χ4v) is 3.87. The van der Waals surface area contributed by atoms with E-state index in [9.17, 15) is 4.79 Å². The van der Waals surface area contributed by atoms with Gasteiger partial charge in [0.15, 0.2) is 0 Å². The zero-order valence-corrected chi connectivity index (χ0v) is 11.7. The molecule has 1 atom stereocenters. The standard InChI is InChI=1S/C15H19NO2S/c17-8-7-15(5-6-15)10-16-14(18)13-9-11-3-1-2-4-12(11)19-13/h1-4,13,17H,5-10H2,(H,16,18). The van der Waals surface area contributed by atoms with Crippen LogP contribution in [0, 0.1) is 5.41 Å². The number of nitrogens with one attached hydrogen (secondary N) is 1. The minimum absolute atomic E-state index is 0.0160. The van der Waals surface area contributed by atoms with Gasteiger partial charge in [-0.05, 0) is 42.7 Å². The lowest BCUT2D eigenvalue weighted by atomic mass is 10.0. The zero-order chi connectivity index (χ0) is 13.3. The van der Waals surface area contributed by atoms with Gasteiger partial charge in [-0.1, -0.05) is 18.2 Å². The van der Waals surface area contributed by atoms with Crippen LogP contribution in [-0.4, -0.2) is 29.4 Å². The number of hydrogen-bond acceptors (Lipinski definition) is 3. The number of rotatable bonds is 5. The normalized spacial score (nSPS) is 22.9. The number of carbonyl (C=O) groups is 1. The quantitative estimate of drug-likeness (QED) is 0.865. The van der Waals surface area contributed by atoms with Gasteiger partial charge < -0.3 is 10.4 Å². The summed E-state index contributed by atoms with van der Waals surface area (Å²) in [5, 5.41) is 12.1. The predicted molar refractivity (Wildman–Crippen MR) is 76.2 cm³/mol. The maximum absolute atomic E-state index is 12.2. The van der Waals surface area contributed by atoms with Crippen molar-refractivity contribution >= 4 is 17.7 Å². The summed E-state index contributed by atoms with van der Waals surface area (Å²) in [5.41, 5.74) is 1.48. The van der Waals surface area contributed by atoms with Crippen LogP contribution in [0.15, 0.2) is 29.2 Å². The van der Waals surface area contributed by atoms with E-state index in [0.717, 1.165) is 32.2 Å². The topological polar surface area (TPSA) is 49.3 Å². The highest BCUT2D eigenvalue weighted by atomic mass is 32.2. The molecule has 1 aromatic carbocycles. The minimum Gasteiger partial charge on any atom is -0.396 e. The average Bonchev–Trinajstić information content (AvgIpc) is 3.04. The summed E-state index contributed by atoms with van der Waals surface area (Å²) in [6.45, 7) is 0.944. The molecule has 1 fully saturated rings. The van der Waals surface area contributed by atoms with Crippen LogP contribution in [0.2, 0.25) is 0 Å². The first kappa shape index (κ1) is 13.0. The van der Waals surface area contributed by atoms with Gasteiger partial charge in [-0.25, -0.2) is 0 Å². The van der Waals surface area contributed by atoms with E-state index in [1.165, 1.54) is 10.5 Å². The second kappa shape index (κ2) is 5.17. The Balaban J connectivity index is 1.53. The number of thioether (sulfide) groups is 1.